The molecule has 0 aromatic rings. The highest BCUT2D eigenvalue weighted by molar-refractivity contribution is 5.12. The van der Waals surface area contributed by atoms with E-state index >= 15 is 0 Å². The summed E-state index contributed by atoms with van der Waals surface area (Å²) in [7, 11) is 0. The van der Waals surface area contributed by atoms with Gasteiger partial charge in [-0.1, -0.05) is 39.0 Å². The Balaban J connectivity index is 2.29. The van der Waals surface area contributed by atoms with Crippen molar-refractivity contribution >= 4 is 0 Å². The van der Waals surface area contributed by atoms with E-state index < -0.39 is 36.6 Å². The molecule has 0 amide bonds. The van der Waals surface area contributed by atoms with Crippen molar-refractivity contribution in [2.24, 2.45) is 0 Å². The van der Waals surface area contributed by atoms with Crippen LogP contribution in [0, 0.1) is 0 Å². The zero-order valence-electron chi connectivity index (χ0n) is 12.0. The third kappa shape index (κ3) is 4.94. The molecule has 3 atom stereocenters. The van der Waals surface area contributed by atoms with Gasteiger partial charge in [-0.25, -0.2) is 0 Å². The molecule has 1 aliphatic heterocycles. The molecule has 6 heteroatoms. The van der Waals surface area contributed by atoms with E-state index in [1.54, 1.807) is 0 Å². The first kappa shape index (κ1) is 17.2. The van der Waals surface area contributed by atoms with Crippen LogP contribution in [0.25, 0.3) is 0 Å². The van der Waals surface area contributed by atoms with Crippen molar-refractivity contribution in [1.29, 1.82) is 0 Å². The minimum Gasteiger partial charge on any atom is -0.506 e. The number of aliphatic hydroxyl groups is 4. The van der Waals surface area contributed by atoms with Crippen LogP contribution in [0.5, 0.6) is 0 Å². The maximum absolute atomic E-state index is 9.63. The topological polar surface area (TPSA) is 99.4 Å². The molecule has 1 aliphatic rings. The Labute approximate surface area is 119 Å². The Hall–Kier alpha value is -0.820. The Morgan fingerprint density at radius 1 is 1.05 bits per heavy atom. The molecule has 0 saturated carbocycles. The summed E-state index contributed by atoms with van der Waals surface area (Å²) in [6, 6.07) is 0. The summed E-state index contributed by atoms with van der Waals surface area (Å²) in [5, 5.41) is 37.7. The van der Waals surface area contributed by atoms with Crippen LogP contribution in [0.2, 0.25) is 0 Å². The summed E-state index contributed by atoms with van der Waals surface area (Å²) in [4.78, 5) is 0. The molecule has 0 radical (unpaired) electrons. The lowest BCUT2D eigenvalue weighted by molar-refractivity contribution is -0.211. The second-order valence-corrected chi connectivity index (χ2v) is 5.04. The third-order valence-corrected chi connectivity index (χ3v) is 3.36. The first-order valence-electron chi connectivity index (χ1n) is 7.29. The molecule has 0 aliphatic carbocycles. The Kier molecular flexibility index (Phi) is 7.91. The summed E-state index contributed by atoms with van der Waals surface area (Å²) in [6.45, 7) is 2.09. The SMILES string of the molecule is CCCCCCCCO[C@@H]1O[C@H](CO)[C@@H](O)C(O)=C1O. The monoisotopic (exact) mass is 290 g/mol. The molecule has 0 aromatic carbocycles. The number of hydrogen-bond donors (Lipinski definition) is 4. The smallest absolute Gasteiger partial charge is 0.220 e. The van der Waals surface area contributed by atoms with Crippen LogP contribution in [0.15, 0.2) is 11.5 Å². The van der Waals surface area contributed by atoms with Crippen molar-refractivity contribution < 1.29 is 29.9 Å². The van der Waals surface area contributed by atoms with Gasteiger partial charge in [0.2, 0.25) is 6.29 Å². The van der Waals surface area contributed by atoms with Crippen LogP contribution < -0.4 is 0 Å². The van der Waals surface area contributed by atoms with Crippen molar-refractivity contribution in [3.05, 3.63) is 11.5 Å². The molecule has 1 rings (SSSR count). The minimum atomic E-state index is -1.42. The van der Waals surface area contributed by atoms with Gasteiger partial charge in [-0.15, -0.1) is 0 Å². The summed E-state index contributed by atoms with van der Waals surface area (Å²) >= 11 is 0. The molecule has 0 aromatic heterocycles. The molecule has 6 nitrogen and oxygen atoms in total. The number of unbranched alkanes of at least 4 members (excludes halogenated alkanes) is 5. The average molecular weight is 290 g/mol. The van der Waals surface area contributed by atoms with Gasteiger partial charge in [0.15, 0.2) is 11.5 Å². The van der Waals surface area contributed by atoms with E-state index in [2.05, 4.69) is 6.92 Å². The third-order valence-electron chi connectivity index (χ3n) is 3.36. The highest BCUT2D eigenvalue weighted by atomic mass is 16.7. The summed E-state index contributed by atoms with van der Waals surface area (Å²) in [5.41, 5.74) is 0. The molecule has 0 saturated heterocycles. The van der Waals surface area contributed by atoms with E-state index in [4.69, 9.17) is 14.6 Å². The van der Waals surface area contributed by atoms with Crippen LogP contribution in [-0.2, 0) is 9.47 Å². The van der Waals surface area contributed by atoms with Gasteiger partial charge in [0.25, 0.3) is 0 Å². The minimum absolute atomic E-state index is 0.391. The van der Waals surface area contributed by atoms with E-state index in [1.807, 2.05) is 0 Å². The Bertz CT molecular complexity index is 304. The molecule has 118 valence electrons. The molecule has 1 heterocycles. The van der Waals surface area contributed by atoms with Crippen molar-refractivity contribution in [1.82, 2.24) is 0 Å². The molecular weight excluding hydrogens is 264 g/mol. The number of aliphatic hydroxyl groups excluding tert-OH is 4. The normalized spacial score (nSPS) is 27.1. The standard InChI is InChI=1S/C14H26O6/c1-2-3-4-5-6-7-8-19-14-13(18)12(17)11(16)10(9-15)20-14/h10-11,14-18H,2-9H2,1H3/t10-,11-,14-/m1/s1. The first-order chi connectivity index (χ1) is 9.61. The van der Waals surface area contributed by atoms with E-state index in [9.17, 15) is 15.3 Å². The van der Waals surface area contributed by atoms with Gasteiger partial charge < -0.3 is 29.9 Å². The number of hydrogen-bond acceptors (Lipinski definition) is 6. The van der Waals surface area contributed by atoms with Crippen molar-refractivity contribution in [3.63, 3.8) is 0 Å². The molecular formula is C14H26O6. The summed E-state index contributed by atoms with van der Waals surface area (Å²) < 4.78 is 10.5. The highest BCUT2D eigenvalue weighted by Crippen LogP contribution is 2.24. The first-order valence-corrected chi connectivity index (χ1v) is 7.29. The molecule has 20 heavy (non-hydrogen) atoms. The van der Waals surface area contributed by atoms with Crippen LogP contribution in [0.4, 0.5) is 0 Å². The second kappa shape index (κ2) is 9.18. The van der Waals surface area contributed by atoms with Gasteiger partial charge in [-0.2, -0.15) is 0 Å². The number of rotatable bonds is 9. The van der Waals surface area contributed by atoms with Gasteiger partial charge in [0, 0.05) is 0 Å². The van der Waals surface area contributed by atoms with Crippen LogP contribution >= 0.6 is 0 Å². The lowest BCUT2D eigenvalue weighted by Gasteiger charge is -2.31. The van der Waals surface area contributed by atoms with Gasteiger partial charge in [0.1, 0.15) is 12.2 Å². The predicted molar refractivity (Wildman–Crippen MR) is 73.4 cm³/mol. The zero-order valence-corrected chi connectivity index (χ0v) is 12.0. The fraction of sp³-hybridized carbons (Fsp3) is 0.857. The quantitative estimate of drug-likeness (QED) is 0.483. The van der Waals surface area contributed by atoms with Gasteiger partial charge in [0.05, 0.1) is 13.2 Å². The van der Waals surface area contributed by atoms with E-state index in [0.717, 1.165) is 19.3 Å². The summed E-state index contributed by atoms with van der Waals surface area (Å²) in [6.07, 6.45) is 3.14. The fourth-order valence-electron chi connectivity index (χ4n) is 2.08. The predicted octanol–water partition coefficient (Wildman–Crippen LogP) is 1.77. The maximum atomic E-state index is 9.63. The largest absolute Gasteiger partial charge is 0.506 e. The molecule has 0 spiro atoms. The van der Waals surface area contributed by atoms with Crippen molar-refractivity contribution in [2.45, 2.75) is 63.9 Å². The van der Waals surface area contributed by atoms with Gasteiger partial charge >= 0.3 is 0 Å². The molecule has 4 N–H and O–H groups in total. The highest BCUT2D eigenvalue weighted by Gasteiger charge is 2.37. The Morgan fingerprint density at radius 3 is 2.35 bits per heavy atom. The summed E-state index contributed by atoms with van der Waals surface area (Å²) in [5.74, 6) is -1.11. The number of ether oxygens (including phenoxy) is 2. The maximum Gasteiger partial charge on any atom is 0.220 e. The van der Waals surface area contributed by atoms with Crippen LogP contribution in [0.1, 0.15) is 45.4 Å². The fourth-order valence-corrected chi connectivity index (χ4v) is 2.08. The van der Waals surface area contributed by atoms with Crippen LogP contribution in [0.3, 0.4) is 0 Å². The van der Waals surface area contributed by atoms with Crippen molar-refractivity contribution in [2.75, 3.05) is 13.2 Å². The second-order valence-electron chi connectivity index (χ2n) is 5.04. The lowest BCUT2D eigenvalue weighted by atomic mass is 10.1. The molecule has 0 unspecified atom stereocenters. The molecule has 0 bridgehead atoms. The Morgan fingerprint density at radius 2 is 1.70 bits per heavy atom. The van der Waals surface area contributed by atoms with Crippen LogP contribution in [-0.4, -0.2) is 52.1 Å². The zero-order chi connectivity index (χ0) is 15.0. The van der Waals surface area contributed by atoms with Gasteiger partial charge in [-0.3, -0.25) is 0 Å². The molecule has 0 fully saturated rings. The van der Waals surface area contributed by atoms with E-state index in [-0.39, 0.29) is 0 Å². The van der Waals surface area contributed by atoms with E-state index in [0.29, 0.717) is 6.61 Å². The van der Waals surface area contributed by atoms with E-state index in [1.165, 1.54) is 19.3 Å². The van der Waals surface area contributed by atoms with Gasteiger partial charge in [-0.05, 0) is 6.42 Å². The van der Waals surface area contributed by atoms with Crippen molar-refractivity contribution in [3.8, 4) is 0 Å². The average Bonchev–Trinajstić information content (AvgIpc) is 2.46. The lowest BCUT2D eigenvalue weighted by Crippen LogP contribution is -2.44.